The van der Waals surface area contributed by atoms with E-state index in [-0.39, 0.29) is 17.6 Å². The fourth-order valence-electron chi connectivity index (χ4n) is 0.738. The van der Waals surface area contributed by atoms with E-state index in [0.717, 1.165) is 0 Å². The van der Waals surface area contributed by atoms with Crippen LogP contribution in [-0.4, -0.2) is 17.6 Å². The van der Waals surface area contributed by atoms with Crippen molar-refractivity contribution in [1.29, 1.82) is 0 Å². The number of ether oxygens (including phenoxy) is 1. The van der Waals surface area contributed by atoms with Gasteiger partial charge in [-0.25, -0.2) is 0 Å². The summed E-state index contributed by atoms with van der Waals surface area (Å²) in [4.78, 5) is 11.1. The minimum absolute atomic E-state index is 0.0671. The third kappa shape index (κ3) is 7.54. The second kappa shape index (κ2) is 4.45. The second-order valence-electron chi connectivity index (χ2n) is 4.10. The number of rotatable bonds is 3. The summed E-state index contributed by atoms with van der Waals surface area (Å²) in [7, 11) is 0. The topological polar surface area (TPSA) is 52.3 Å². The summed E-state index contributed by atoms with van der Waals surface area (Å²) >= 11 is 0. The first-order chi connectivity index (χ1) is 5.31. The van der Waals surface area contributed by atoms with Crippen LogP contribution in [-0.2, 0) is 9.53 Å². The van der Waals surface area contributed by atoms with Crippen LogP contribution in [0.25, 0.3) is 0 Å². The molecule has 1 unspecified atom stereocenters. The van der Waals surface area contributed by atoms with Crippen molar-refractivity contribution in [2.24, 2.45) is 5.73 Å². The summed E-state index contributed by atoms with van der Waals surface area (Å²) in [5.74, 6) is -0.167. The first kappa shape index (κ1) is 11.4. The van der Waals surface area contributed by atoms with Crippen molar-refractivity contribution < 1.29 is 9.53 Å². The van der Waals surface area contributed by atoms with Crippen molar-refractivity contribution in [3.05, 3.63) is 0 Å². The summed E-state index contributed by atoms with van der Waals surface area (Å²) in [5, 5.41) is 0. The maximum Gasteiger partial charge on any atom is 0.306 e. The van der Waals surface area contributed by atoms with Crippen LogP contribution >= 0.6 is 0 Å². The molecule has 2 N–H and O–H groups in total. The van der Waals surface area contributed by atoms with Gasteiger partial charge in [-0.2, -0.15) is 0 Å². The van der Waals surface area contributed by atoms with Gasteiger partial charge in [0.25, 0.3) is 0 Å². The summed E-state index contributed by atoms with van der Waals surface area (Å²) in [6.45, 7) is 7.45. The number of nitrogens with two attached hydrogens (primary N) is 1. The zero-order valence-corrected chi connectivity index (χ0v) is 8.39. The van der Waals surface area contributed by atoms with Gasteiger partial charge in [-0.1, -0.05) is 0 Å². The largest absolute Gasteiger partial charge is 0.460 e. The highest BCUT2D eigenvalue weighted by atomic mass is 16.6. The van der Waals surface area contributed by atoms with Crippen LogP contribution in [0.1, 0.15) is 40.5 Å². The Kier molecular flexibility index (Phi) is 4.24. The molecule has 0 saturated carbocycles. The van der Waals surface area contributed by atoms with Gasteiger partial charge in [0.05, 0.1) is 0 Å². The molecule has 1 atom stereocenters. The molecule has 0 heterocycles. The third-order valence-electron chi connectivity index (χ3n) is 1.22. The van der Waals surface area contributed by atoms with Gasteiger partial charge in [0.1, 0.15) is 5.60 Å². The van der Waals surface area contributed by atoms with Gasteiger partial charge in [0.15, 0.2) is 0 Å². The molecule has 0 aromatic rings. The molecule has 0 aliphatic heterocycles. The van der Waals surface area contributed by atoms with E-state index >= 15 is 0 Å². The van der Waals surface area contributed by atoms with Crippen LogP contribution < -0.4 is 5.73 Å². The van der Waals surface area contributed by atoms with E-state index < -0.39 is 0 Å². The Balaban J connectivity index is 3.61. The Hall–Kier alpha value is -0.570. The molecule has 0 spiro atoms. The Morgan fingerprint density at radius 3 is 2.33 bits per heavy atom. The molecule has 0 rings (SSSR count). The molecule has 0 aromatic heterocycles. The number of carbonyl (C=O) groups excluding carboxylic acids is 1. The zero-order valence-electron chi connectivity index (χ0n) is 8.39. The normalized spacial score (nSPS) is 14.1. The van der Waals surface area contributed by atoms with Crippen LogP contribution in [0.3, 0.4) is 0 Å². The molecule has 0 aromatic carbocycles. The smallest absolute Gasteiger partial charge is 0.306 e. The van der Waals surface area contributed by atoms with Crippen molar-refractivity contribution in [3.8, 4) is 0 Å². The summed E-state index contributed by atoms with van der Waals surface area (Å²) < 4.78 is 5.09. The Morgan fingerprint density at radius 2 is 2.00 bits per heavy atom. The molecule has 0 saturated heterocycles. The average Bonchev–Trinajstić information content (AvgIpc) is 1.79. The predicted octanol–water partition coefficient (Wildman–Crippen LogP) is 1.46. The quantitative estimate of drug-likeness (QED) is 0.657. The standard InChI is InChI=1S/C9H19NO2/c1-7(10)5-6-8(11)12-9(2,3)4/h7H,5-6,10H2,1-4H3. The van der Waals surface area contributed by atoms with E-state index in [0.29, 0.717) is 12.8 Å². The molecule has 12 heavy (non-hydrogen) atoms. The van der Waals surface area contributed by atoms with Crippen molar-refractivity contribution in [2.45, 2.75) is 52.2 Å². The molecule has 0 radical (unpaired) electrons. The Labute approximate surface area is 74.3 Å². The molecule has 3 heteroatoms. The van der Waals surface area contributed by atoms with Gasteiger partial charge in [0.2, 0.25) is 0 Å². The summed E-state index contributed by atoms with van der Waals surface area (Å²) in [6, 6.07) is 0.0671. The lowest BCUT2D eigenvalue weighted by molar-refractivity contribution is -0.155. The first-order valence-corrected chi connectivity index (χ1v) is 4.28. The number of hydrogen-bond donors (Lipinski definition) is 1. The van der Waals surface area contributed by atoms with Gasteiger partial charge < -0.3 is 10.5 Å². The molecule has 72 valence electrons. The third-order valence-corrected chi connectivity index (χ3v) is 1.22. The van der Waals surface area contributed by atoms with Crippen LogP contribution in [0.4, 0.5) is 0 Å². The molecule has 0 bridgehead atoms. The Bertz CT molecular complexity index is 147. The van der Waals surface area contributed by atoms with E-state index in [4.69, 9.17) is 10.5 Å². The highest BCUT2D eigenvalue weighted by molar-refractivity contribution is 5.69. The van der Waals surface area contributed by atoms with Gasteiger partial charge in [0, 0.05) is 12.5 Å². The monoisotopic (exact) mass is 173 g/mol. The molecular formula is C9H19NO2. The highest BCUT2D eigenvalue weighted by Gasteiger charge is 2.15. The molecular weight excluding hydrogens is 154 g/mol. The first-order valence-electron chi connectivity index (χ1n) is 4.28. The van der Waals surface area contributed by atoms with Crippen molar-refractivity contribution >= 4 is 5.97 Å². The minimum Gasteiger partial charge on any atom is -0.460 e. The molecule has 0 aliphatic carbocycles. The lowest BCUT2D eigenvalue weighted by atomic mass is 10.1. The zero-order chi connectivity index (χ0) is 9.78. The fourth-order valence-corrected chi connectivity index (χ4v) is 0.738. The number of esters is 1. The number of carbonyl (C=O) groups is 1. The van der Waals surface area contributed by atoms with E-state index in [1.54, 1.807) is 0 Å². The fraction of sp³-hybridized carbons (Fsp3) is 0.889. The van der Waals surface area contributed by atoms with Crippen LogP contribution in [0.15, 0.2) is 0 Å². The number of hydrogen-bond acceptors (Lipinski definition) is 3. The van der Waals surface area contributed by atoms with Gasteiger partial charge in [-0.15, -0.1) is 0 Å². The van der Waals surface area contributed by atoms with E-state index in [2.05, 4.69) is 0 Å². The maximum absolute atomic E-state index is 11.1. The van der Waals surface area contributed by atoms with Crippen LogP contribution in [0, 0.1) is 0 Å². The van der Waals surface area contributed by atoms with Crippen molar-refractivity contribution in [2.75, 3.05) is 0 Å². The average molecular weight is 173 g/mol. The van der Waals surface area contributed by atoms with Crippen molar-refractivity contribution in [3.63, 3.8) is 0 Å². The maximum atomic E-state index is 11.1. The predicted molar refractivity (Wildman–Crippen MR) is 48.7 cm³/mol. The highest BCUT2D eigenvalue weighted by Crippen LogP contribution is 2.09. The molecule has 0 aliphatic rings. The van der Waals surface area contributed by atoms with Crippen LogP contribution in [0.2, 0.25) is 0 Å². The van der Waals surface area contributed by atoms with Crippen LogP contribution in [0.5, 0.6) is 0 Å². The second-order valence-corrected chi connectivity index (χ2v) is 4.10. The van der Waals surface area contributed by atoms with Gasteiger partial charge in [-0.3, -0.25) is 4.79 Å². The van der Waals surface area contributed by atoms with E-state index in [1.165, 1.54) is 0 Å². The summed E-state index contributed by atoms with van der Waals surface area (Å²) in [6.07, 6.45) is 1.10. The summed E-state index contributed by atoms with van der Waals surface area (Å²) in [5.41, 5.74) is 5.12. The van der Waals surface area contributed by atoms with E-state index in [1.807, 2.05) is 27.7 Å². The lowest BCUT2D eigenvalue weighted by Gasteiger charge is -2.19. The lowest BCUT2D eigenvalue weighted by Crippen LogP contribution is -2.25. The molecule has 0 amide bonds. The minimum atomic E-state index is -0.380. The van der Waals surface area contributed by atoms with Gasteiger partial charge >= 0.3 is 5.97 Å². The molecule has 3 nitrogen and oxygen atoms in total. The van der Waals surface area contributed by atoms with Crippen molar-refractivity contribution in [1.82, 2.24) is 0 Å². The Morgan fingerprint density at radius 1 is 1.50 bits per heavy atom. The van der Waals surface area contributed by atoms with Gasteiger partial charge in [-0.05, 0) is 34.1 Å². The SMILES string of the molecule is CC(N)CCC(=O)OC(C)(C)C. The molecule has 0 fully saturated rings. The van der Waals surface area contributed by atoms with E-state index in [9.17, 15) is 4.79 Å².